The number of nitrogens with one attached hydrogen (secondary N) is 1. The summed E-state index contributed by atoms with van der Waals surface area (Å²) in [6.45, 7) is 1.66. The van der Waals surface area contributed by atoms with Gasteiger partial charge in [-0.15, -0.1) is 0 Å². The zero-order valence-corrected chi connectivity index (χ0v) is 16.6. The van der Waals surface area contributed by atoms with Crippen LogP contribution in [0.1, 0.15) is 17.5 Å². The summed E-state index contributed by atoms with van der Waals surface area (Å²) in [6.07, 6.45) is 1.20. The summed E-state index contributed by atoms with van der Waals surface area (Å²) < 4.78 is 5.81. The van der Waals surface area contributed by atoms with Crippen molar-refractivity contribution in [2.24, 2.45) is 0 Å². The molecule has 2 heterocycles. The molecule has 1 N–H and O–H groups in total. The molecule has 1 fully saturated rings. The minimum absolute atomic E-state index is 0.105. The number of para-hydroxylation sites is 1. The van der Waals surface area contributed by atoms with Gasteiger partial charge in [-0.05, 0) is 42.0 Å². The number of fused-ring (bicyclic) bond motifs is 1. The van der Waals surface area contributed by atoms with E-state index in [-0.39, 0.29) is 24.3 Å². The van der Waals surface area contributed by atoms with E-state index in [2.05, 4.69) is 18.2 Å². The average molecular weight is 399 g/mol. The molecule has 2 aliphatic heterocycles. The lowest BCUT2D eigenvalue weighted by atomic mass is 9.98. The van der Waals surface area contributed by atoms with Crippen LogP contribution in [0.3, 0.4) is 0 Å². The lowest BCUT2D eigenvalue weighted by Gasteiger charge is -2.29. The molecule has 0 radical (unpaired) electrons. The zero-order valence-electron chi connectivity index (χ0n) is 16.6. The number of carbonyl (C=O) groups is 2. The molecule has 2 amide bonds. The Morgan fingerprint density at radius 3 is 2.23 bits per heavy atom. The van der Waals surface area contributed by atoms with Crippen molar-refractivity contribution in [1.29, 1.82) is 0 Å². The molecule has 0 aliphatic carbocycles. The number of ether oxygens (including phenoxy) is 1. The van der Waals surface area contributed by atoms with Crippen molar-refractivity contribution in [3.63, 3.8) is 0 Å². The van der Waals surface area contributed by atoms with E-state index in [0.717, 1.165) is 25.3 Å². The minimum atomic E-state index is -0.314. The number of amides is 2. The third kappa shape index (κ3) is 3.48. The van der Waals surface area contributed by atoms with Gasteiger partial charge in [0.05, 0.1) is 18.7 Å². The Kier molecular flexibility index (Phi) is 4.81. The van der Waals surface area contributed by atoms with Gasteiger partial charge in [0.25, 0.3) is 5.91 Å². The van der Waals surface area contributed by atoms with Crippen LogP contribution in [-0.4, -0.2) is 24.4 Å². The number of hydrogen-bond acceptors (Lipinski definition) is 3. The van der Waals surface area contributed by atoms with Gasteiger partial charge in [0.2, 0.25) is 5.91 Å². The molecule has 3 aromatic carbocycles. The largest absolute Gasteiger partial charge is 0.457 e. The van der Waals surface area contributed by atoms with Gasteiger partial charge >= 0.3 is 0 Å². The van der Waals surface area contributed by atoms with Gasteiger partial charge in [0, 0.05) is 12.0 Å². The standard InChI is InChI=1S/C25H22N2O3/c28-24-16-23(26-15-14-18-6-4-5-7-19(18)17-26)25(29)27(24)20-10-12-22(13-11-20)30-21-8-2-1-3-9-21/h1-13,23H,14-17H2/p+1/t23-/m0/s1. The van der Waals surface area contributed by atoms with Crippen molar-refractivity contribution in [3.8, 4) is 11.5 Å². The van der Waals surface area contributed by atoms with Crippen LogP contribution in [0.2, 0.25) is 0 Å². The van der Waals surface area contributed by atoms with E-state index < -0.39 is 0 Å². The second kappa shape index (κ2) is 7.76. The second-order valence-electron chi connectivity index (χ2n) is 7.84. The molecule has 2 atom stereocenters. The minimum Gasteiger partial charge on any atom is -0.457 e. The maximum atomic E-state index is 13.2. The first-order chi connectivity index (χ1) is 14.7. The fourth-order valence-electron chi connectivity index (χ4n) is 4.41. The van der Waals surface area contributed by atoms with Crippen LogP contribution < -0.4 is 14.5 Å². The zero-order chi connectivity index (χ0) is 20.5. The fourth-order valence-corrected chi connectivity index (χ4v) is 4.41. The van der Waals surface area contributed by atoms with Crippen LogP contribution >= 0.6 is 0 Å². The first-order valence-corrected chi connectivity index (χ1v) is 10.3. The Balaban J connectivity index is 1.31. The highest BCUT2D eigenvalue weighted by molar-refractivity contribution is 6.21. The Morgan fingerprint density at radius 1 is 0.800 bits per heavy atom. The number of quaternary nitrogens is 1. The van der Waals surface area contributed by atoms with Gasteiger partial charge in [0.15, 0.2) is 6.04 Å². The molecule has 0 bridgehead atoms. The number of imide groups is 1. The number of anilines is 1. The number of carbonyl (C=O) groups excluding carboxylic acids is 2. The van der Waals surface area contributed by atoms with Gasteiger partial charge in [-0.25, -0.2) is 4.90 Å². The number of hydrogen-bond donors (Lipinski definition) is 1. The van der Waals surface area contributed by atoms with Crippen LogP contribution in [0.5, 0.6) is 11.5 Å². The Labute approximate surface area is 175 Å². The monoisotopic (exact) mass is 399 g/mol. The summed E-state index contributed by atoms with van der Waals surface area (Å²) in [5.41, 5.74) is 3.23. The molecule has 1 saturated heterocycles. The van der Waals surface area contributed by atoms with Crippen LogP contribution in [-0.2, 0) is 22.6 Å². The average Bonchev–Trinajstić information content (AvgIpc) is 3.09. The van der Waals surface area contributed by atoms with Crippen molar-refractivity contribution >= 4 is 17.5 Å². The molecule has 0 aromatic heterocycles. The first-order valence-electron chi connectivity index (χ1n) is 10.3. The molecule has 3 aromatic rings. The van der Waals surface area contributed by atoms with E-state index >= 15 is 0 Å². The van der Waals surface area contributed by atoms with Crippen molar-refractivity contribution in [2.75, 3.05) is 11.4 Å². The predicted molar refractivity (Wildman–Crippen MR) is 114 cm³/mol. The quantitative estimate of drug-likeness (QED) is 0.687. The van der Waals surface area contributed by atoms with Gasteiger partial charge in [-0.2, -0.15) is 0 Å². The van der Waals surface area contributed by atoms with E-state index in [9.17, 15) is 9.59 Å². The molecule has 0 spiro atoms. The maximum absolute atomic E-state index is 13.2. The highest BCUT2D eigenvalue weighted by Crippen LogP contribution is 2.27. The molecule has 5 heteroatoms. The van der Waals surface area contributed by atoms with Crippen molar-refractivity contribution in [1.82, 2.24) is 0 Å². The molecular formula is C25H23N2O3+. The summed E-state index contributed by atoms with van der Waals surface area (Å²) in [7, 11) is 0. The number of rotatable bonds is 4. The molecule has 1 unspecified atom stereocenters. The summed E-state index contributed by atoms with van der Waals surface area (Å²) in [5, 5.41) is 0. The second-order valence-corrected chi connectivity index (χ2v) is 7.84. The maximum Gasteiger partial charge on any atom is 0.292 e. The van der Waals surface area contributed by atoms with Gasteiger partial charge in [0.1, 0.15) is 18.0 Å². The molecule has 2 aliphatic rings. The Hall–Kier alpha value is -3.44. The lowest BCUT2D eigenvalue weighted by Crippen LogP contribution is -3.16. The van der Waals surface area contributed by atoms with Crippen molar-refractivity contribution in [3.05, 3.63) is 90.0 Å². The molecule has 150 valence electrons. The Bertz CT molecular complexity index is 1080. The summed E-state index contributed by atoms with van der Waals surface area (Å²) in [4.78, 5) is 28.4. The SMILES string of the molecule is O=C1C[C@H]([NH+]2CCc3ccccc3C2)C(=O)N1c1ccc(Oc2ccccc2)cc1. The Morgan fingerprint density at radius 2 is 1.47 bits per heavy atom. The molecular weight excluding hydrogens is 376 g/mol. The van der Waals surface area contributed by atoms with E-state index in [1.165, 1.54) is 20.9 Å². The molecule has 5 rings (SSSR count). The number of benzene rings is 3. The molecule has 30 heavy (non-hydrogen) atoms. The predicted octanol–water partition coefficient (Wildman–Crippen LogP) is 2.75. The number of nitrogens with zero attached hydrogens (tertiary/aromatic N) is 1. The normalized spacial score (nSPS) is 20.9. The summed E-state index contributed by atoms with van der Waals surface area (Å²) in [6, 6.07) is 24.7. The third-order valence-electron chi connectivity index (χ3n) is 5.96. The van der Waals surface area contributed by atoms with Crippen LogP contribution in [0.4, 0.5) is 5.69 Å². The fraction of sp³-hybridized carbons (Fsp3) is 0.200. The van der Waals surface area contributed by atoms with Gasteiger partial charge in [-0.3, -0.25) is 9.59 Å². The smallest absolute Gasteiger partial charge is 0.292 e. The van der Waals surface area contributed by atoms with E-state index in [4.69, 9.17) is 4.74 Å². The topological polar surface area (TPSA) is 51.0 Å². The van der Waals surface area contributed by atoms with E-state index in [1.807, 2.05) is 36.4 Å². The van der Waals surface area contributed by atoms with Gasteiger partial charge < -0.3 is 9.64 Å². The lowest BCUT2D eigenvalue weighted by molar-refractivity contribution is -0.930. The highest BCUT2D eigenvalue weighted by Gasteiger charge is 2.46. The molecule has 0 saturated carbocycles. The van der Waals surface area contributed by atoms with E-state index in [1.54, 1.807) is 24.3 Å². The summed E-state index contributed by atoms with van der Waals surface area (Å²) >= 11 is 0. The van der Waals surface area contributed by atoms with Crippen LogP contribution in [0.25, 0.3) is 0 Å². The first kappa shape index (κ1) is 18.6. The third-order valence-corrected chi connectivity index (χ3v) is 5.96. The van der Waals surface area contributed by atoms with Gasteiger partial charge in [-0.1, -0.05) is 42.5 Å². The van der Waals surface area contributed by atoms with Crippen molar-refractivity contribution in [2.45, 2.75) is 25.4 Å². The molecule has 5 nitrogen and oxygen atoms in total. The van der Waals surface area contributed by atoms with Crippen LogP contribution in [0.15, 0.2) is 78.9 Å². The highest BCUT2D eigenvalue weighted by atomic mass is 16.5. The van der Waals surface area contributed by atoms with Crippen LogP contribution in [0, 0.1) is 0 Å². The van der Waals surface area contributed by atoms with Crippen molar-refractivity contribution < 1.29 is 19.2 Å². The van der Waals surface area contributed by atoms with E-state index in [0.29, 0.717) is 11.4 Å². The summed E-state index contributed by atoms with van der Waals surface area (Å²) in [5.74, 6) is 1.17.